The molecule has 3 N–H and O–H groups in total. The van der Waals surface area contributed by atoms with Crippen molar-refractivity contribution in [1.82, 2.24) is 4.98 Å². The fourth-order valence-corrected chi connectivity index (χ4v) is 1.70. The maximum Gasteiger partial charge on any atom is 0.412 e. The summed E-state index contributed by atoms with van der Waals surface area (Å²) in [5, 5.41) is 9.31. The van der Waals surface area contributed by atoms with Gasteiger partial charge in [0.25, 0.3) is 5.88 Å². The van der Waals surface area contributed by atoms with Crippen LogP contribution in [0.4, 0.5) is 10.5 Å². The van der Waals surface area contributed by atoms with Crippen molar-refractivity contribution < 1.29 is 14.7 Å². The molecule has 1 heterocycles. The number of nitrogens with zero attached hydrogens (tertiary/aromatic N) is 2. The quantitative estimate of drug-likeness (QED) is 0.820. The lowest BCUT2D eigenvalue weighted by Gasteiger charge is -2.20. The second kappa shape index (κ2) is 5.83. The molecular weight excluding hydrogens is 246 g/mol. The van der Waals surface area contributed by atoms with Crippen LogP contribution in [-0.2, 0) is 6.54 Å². The molecule has 98 valence electrons. The van der Waals surface area contributed by atoms with Crippen LogP contribution in [0, 0.1) is 0 Å². The molecule has 19 heavy (non-hydrogen) atoms. The van der Waals surface area contributed by atoms with E-state index in [1.54, 1.807) is 12.1 Å². The molecule has 6 nitrogen and oxygen atoms in total. The molecule has 0 atom stereocenters. The molecule has 0 saturated heterocycles. The van der Waals surface area contributed by atoms with Gasteiger partial charge in [0.15, 0.2) is 0 Å². The Balaban J connectivity index is 2.33. The molecule has 1 amide bonds. The average molecular weight is 259 g/mol. The van der Waals surface area contributed by atoms with Gasteiger partial charge in [0, 0.05) is 6.20 Å². The summed E-state index contributed by atoms with van der Waals surface area (Å²) in [4.78, 5) is 21.0. The van der Waals surface area contributed by atoms with E-state index in [1.165, 1.54) is 6.20 Å². The average Bonchev–Trinajstić information content (AvgIpc) is 2.45. The van der Waals surface area contributed by atoms with Crippen molar-refractivity contribution in [2.45, 2.75) is 6.54 Å². The van der Waals surface area contributed by atoms with E-state index >= 15 is 0 Å². The van der Waals surface area contributed by atoms with Gasteiger partial charge in [0.05, 0.1) is 6.54 Å². The second-order valence-corrected chi connectivity index (χ2v) is 3.80. The first-order chi connectivity index (χ1) is 9.22. The normalized spacial score (nSPS) is 9.95. The Morgan fingerprint density at radius 3 is 2.63 bits per heavy atom. The molecule has 0 aliphatic carbocycles. The van der Waals surface area contributed by atoms with Crippen molar-refractivity contribution in [3.63, 3.8) is 0 Å². The highest BCUT2D eigenvalue weighted by Crippen LogP contribution is 2.26. The number of aromatic nitrogens is 1. The fourth-order valence-electron chi connectivity index (χ4n) is 1.70. The van der Waals surface area contributed by atoms with Crippen molar-refractivity contribution in [3.8, 4) is 5.88 Å². The van der Waals surface area contributed by atoms with Gasteiger partial charge in [0.2, 0.25) is 0 Å². The van der Waals surface area contributed by atoms with Gasteiger partial charge in [-0.05, 0) is 17.7 Å². The lowest BCUT2D eigenvalue weighted by Crippen LogP contribution is -2.29. The molecule has 6 heteroatoms. The minimum Gasteiger partial charge on any atom is -0.465 e. The molecule has 0 aliphatic heterocycles. The van der Waals surface area contributed by atoms with Crippen LogP contribution in [0.5, 0.6) is 5.88 Å². The summed E-state index contributed by atoms with van der Waals surface area (Å²) in [6.07, 6.45) is 0.379. The van der Waals surface area contributed by atoms with Gasteiger partial charge in [-0.3, -0.25) is 4.90 Å². The first-order valence-electron chi connectivity index (χ1n) is 5.58. The summed E-state index contributed by atoms with van der Waals surface area (Å²) in [5.74, 6) is 5.17. The van der Waals surface area contributed by atoms with Crippen molar-refractivity contribution in [1.29, 1.82) is 0 Å². The molecule has 0 bridgehead atoms. The van der Waals surface area contributed by atoms with Crippen LogP contribution >= 0.6 is 0 Å². The Hall–Kier alpha value is -2.60. The van der Waals surface area contributed by atoms with Crippen LogP contribution in [0.25, 0.3) is 0 Å². The number of hydrogen-bond donors (Lipinski definition) is 2. The number of benzene rings is 1. The maximum absolute atomic E-state index is 11.4. The molecular formula is C13H13N3O3. The SMILES string of the molecule is NOc1ncccc1N(Cc1ccccc1)C(=O)O. The van der Waals surface area contributed by atoms with Crippen molar-refractivity contribution in [2.75, 3.05) is 4.90 Å². The van der Waals surface area contributed by atoms with Crippen LogP contribution < -0.4 is 15.6 Å². The smallest absolute Gasteiger partial charge is 0.412 e. The summed E-state index contributed by atoms with van der Waals surface area (Å²) in [7, 11) is 0. The third-order valence-corrected chi connectivity index (χ3v) is 2.57. The molecule has 0 fully saturated rings. The highest BCUT2D eigenvalue weighted by molar-refractivity contribution is 5.87. The van der Waals surface area contributed by atoms with Crippen molar-refractivity contribution >= 4 is 11.8 Å². The zero-order valence-electron chi connectivity index (χ0n) is 10.1. The van der Waals surface area contributed by atoms with Gasteiger partial charge in [-0.2, -0.15) is 5.90 Å². The number of carboxylic acid groups (broad SMARTS) is 1. The zero-order chi connectivity index (χ0) is 13.7. The lowest BCUT2D eigenvalue weighted by molar-refractivity contribution is 0.201. The first kappa shape index (κ1) is 12.8. The van der Waals surface area contributed by atoms with Gasteiger partial charge in [-0.1, -0.05) is 30.3 Å². The van der Waals surface area contributed by atoms with E-state index in [0.29, 0.717) is 5.69 Å². The molecule has 0 aliphatic rings. The lowest BCUT2D eigenvalue weighted by atomic mass is 10.2. The van der Waals surface area contributed by atoms with Crippen molar-refractivity contribution in [3.05, 3.63) is 54.2 Å². The molecule has 1 aromatic carbocycles. The number of anilines is 1. The highest BCUT2D eigenvalue weighted by Gasteiger charge is 2.19. The Morgan fingerprint density at radius 1 is 1.26 bits per heavy atom. The van der Waals surface area contributed by atoms with Crippen LogP contribution in [0.15, 0.2) is 48.7 Å². The van der Waals surface area contributed by atoms with Gasteiger partial charge in [-0.15, -0.1) is 0 Å². The predicted octanol–water partition coefficient (Wildman–Crippen LogP) is 2.02. The van der Waals surface area contributed by atoms with Crippen molar-refractivity contribution in [2.24, 2.45) is 5.90 Å². The Bertz CT molecular complexity index is 560. The number of nitrogens with two attached hydrogens (primary N) is 1. The standard InChI is InChI=1S/C13H13N3O3/c14-19-12-11(7-4-8-15-12)16(13(17)18)9-10-5-2-1-3-6-10/h1-8H,9,14H2,(H,17,18). The molecule has 0 spiro atoms. The molecule has 2 aromatic rings. The molecule has 0 radical (unpaired) electrons. The molecule has 0 saturated carbocycles. The van der Waals surface area contributed by atoms with Gasteiger partial charge in [-0.25, -0.2) is 9.78 Å². The van der Waals surface area contributed by atoms with E-state index in [0.717, 1.165) is 10.5 Å². The zero-order valence-corrected chi connectivity index (χ0v) is 10.1. The van der Waals surface area contributed by atoms with Crippen LogP contribution in [0.1, 0.15) is 5.56 Å². The number of rotatable bonds is 4. The highest BCUT2D eigenvalue weighted by atomic mass is 16.6. The second-order valence-electron chi connectivity index (χ2n) is 3.80. The molecule has 1 aromatic heterocycles. The molecule has 2 rings (SSSR count). The van der Waals surface area contributed by atoms with E-state index in [2.05, 4.69) is 9.82 Å². The van der Waals surface area contributed by atoms with Gasteiger partial charge in [0.1, 0.15) is 5.69 Å². The van der Waals surface area contributed by atoms with Crippen LogP contribution in [0.3, 0.4) is 0 Å². The number of hydrogen-bond acceptors (Lipinski definition) is 4. The Kier molecular flexibility index (Phi) is 3.94. The van der Waals surface area contributed by atoms with E-state index in [-0.39, 0.29) is 12.4 Å². The summed E-state index contributed by atoms with van der Waals surface area (Å²) in [6, 6.07) is 12.5. The van der Waals surface area contributed by atoms with Gasteiger partial charge >= 0.3 is 6.09 Å². The van der Waals surface area contributed by atoms with E-state index in [4.69, 9.17) is 5.90 Å². The van der Waals surface area contributed by atoms with Crippen LogP contribution in [-0.4, -0.2) is 16.2 Å². The Morgan fingerprint density at radius 2 is 2.00 bits per heavy atom. The van der Waals surface area contributed by atoms with Gasteiger partial charge < -0.3 is 9.94 Å². The topological polar surface area (TPSA) is 88.7 Å². The number of pyridine rings is 1. The third kappa shape index (κ3) is 2.99. The number of amides is 1. The summed E-state index contributed by atoms with van der Waals surface area (Å²) in [5.41, 5.74) is 1.16. The van der Waals surface area contributed by atoms with E-state index < -0.39 is 6.09 Å². The summed E-state index contributed by atoms with van der Waals surface area (Å²) < 4.78 is 0. The first-order valence-corrected chi connectivity index (χ1v) is 5.58. The fraction of sp³-hybridized carbons (Fsp3) is 0.0769. The summed E-state index contributed by atoms with van der Waals surface area (Å²) in [6.45, 7) is 0.193. The monoisotopic (exact) mass is 259 g/mol. The maximum atomic E-state index is 11.4. The third-order valence-electron chi connectivity index (χ3n) is 2.57. The molecule has 0 unspecified atom stereocenters. The largest absolute Gasteiger partial charge is 0.465 e. The Labute approximate surface area is 110 Å². The van der Waals surface area contributed by atoms with E-state index in [9.17, 15) is 9.90 Å². The summed E-state index contributed by atoms with van der Waals surface area (Å²) >= 11 is 0. The minimum absolute atomic E-state index is 0.0702. The minimum atomic E-state index is -1.10. The van der Waals surface area contributed by atoms with E-state index in [1.807, 2.05) is 30.3 Å². The number of carbonyl (C=O) groups is 1. The predicted molar refractivity (Wildman–Crippen MR) is 69.7 cm³/mol. The van der Waals surface area contributed by atoms with Crippen LogP contribution in [0.2, 0.25) is 0 Å².